The minimum absolute atomic E-state index is 0.565. The highest BCUT2D eigenvalue weighted by molar-refractivity contribution is 6.19. The van der Waals surface area contributed by atoms with Crippen LogP contribution in [-0.4, -0.2) is 15.0 Å². The van der Waals surface area contributed by atoms with Crippen LogP contribution in [0.25, 0.3) is 66.9 Å². The molecule has 2 aliphatic rings. The molecular weight excluding hydrogens is 729 g/mol. The molecule has 9 aromatic carbocycles. The summed E-state index contributed by atoms with van der Waals surface area (Å²) in [6.07, 6.45) is 0. The molecule has 4 nitrogen and oxygen atoms in total. The number of anilines is 3. The Morgan fingerprint density at radius 3 is 1.48 bits per heavy atom. The summed E-state index contributed by atoms with van der Waals surface area (Å²) in [4.78, 5) is 18.3. The second kappa shape index (κ2) is 13.6. The van der Waals surface area contributed by atoms with E-state index in [1.807, 2.05) is 36.4 Å². The van der Waals surface area contributed by atoms with Crippen molar-refractivity contribution in [2.24, 2.45) is 0 Å². The molecule has 0 amide bonds. The third-order valence-electron chi connectivity index (χ3n) is 12.3. The van der Waals surface area contributed by atoms with Crippen LogP contribution in [-0.2, 0) is 5.41 Å². The van der Waals surface area contributed by atoms with Crippen LogP contribution >= 0.6 is 0 Å². The maximum absolute atomic E-state index is 5.43. The summed E-state index contributed by atoms with van der Waals surface area (Å²) in [5, 5.41) is 2.34. The molecule has 1 aliphatic carbocycles. The summed E-state index contributed by atoms with van der Waals surface area (Å²) in [5.74, 6) is 1.80. The van der Waals surface area contributed by atoms with E-state index in [-0.39, 0.29) is 0 Å². The molecule has 0 saturated heterocycles. The molecule has 2 heterocycles. The summed E-state index contributed by atoms with van der Waals surface area (Å²) in [6.45, 7) is 0. The number of benzene rings is 9. The third-order valence-corrected chi connectivity index (χ3v) is 12.3. The molecule has 4 heteroatoms. The highest BCUT2D eigenvalue weighted by Crippen LogP contribution is 2.63. The van der Waals surface area contributed by atoms with E-state index >= 15 is 0 Å². The molecule has 0 radical (unpaired) electrons. The second-order valence-electron chi connectivity index (χ2n) is 15.5. The number of hydrogen-bond donors (Lipinski definition) is 0. The number of nitrogens with zero attached hydrogens (tertiary/aromatic N) is 4. The first-order valence-electron chi connectivity index (χ1n) is 20.5. The molecule has 0 bridgehead atoms. The van der Waals surface area contributed by atoms with E-state index in [0.29, 0.717) is 17.6 Å². The smallest absolute Gasteiger partial charge is 0.238 e. The fourth-order valence-corrected chi connectivity index (χ4v) is 9.86. The number of fused-ring (bicyclic) bond motifs is 6. The lowest BCUT2D eigenvalue weighted by Gasteiger charge is -2.36. The van der Waals surface area contributed by atoms with Crippen LogP contribution in [0.4, 0.5) is 17.3 Å². The highest BCUT2D eigenvalue weighted by Gasteiger charge is 2.48. The summed E-state index contributed by atoms with van der Waals surface area (Å²) in [6, 6.07) is 78.1. The fourth-order valence-electron chi connectivity index (χ4n) is 9.86. The average molecular weight is 765 g/mol. The van der Waals surface area contributed by atoms with Crippen molar-refractivity contribution < 1.29 is 0 Å². The van der Waals surface area contributed by atoms with Crippen molar-refractivity contribution in [3.63, 3.8) is 0 Å². The van der Waals surface area contributed by atoms with Crippen LogP contribution < -0.4 is 4.90 Å². The van der Waals surface area contributed by atoms with Crippen molar-refractivity contribution in [2.75, 3.05) is 4.90 Å². The molecule has 0 fully saturated rings. The zero-order valence-electron chi connectivity index (χ0n) is 32.6. The molecule has 0 saturated carbocycles. The molecule has 10 aromatic rings. The number of aromatic nitrogens is 3. The van der Waals surface area contributed by atoms with E-state index in [1.54, 1.807) is 0 Å². The Morgan fingerprint density at radius 1 is 0.350 bits per heavy atom. The summed E-state index contributed by atoms with van der Waals surface area (Å²) in [5.41, 5.74) is 15.3. The Labute approximate surface area is 348 Å². The molecular formula is C56H36N4. The lowest BCUT2D eigenvalue weighted by atomic mass is 9.67. The predicted octanol–water partition coefficient (Wildman–Crippen LogP) is 13.8. The van der Waals surface area contributed by atoms with Crippen LogP contribution in [0, 0.1) is 0 Å². The first-order chi connectivity index (χ1) is 29.8. The van der Waals surface area contributed by atoms with Crippen LogP contribution in [0.2, 0.25) is 0 Å². The van der Waals surface area contributed by atoms with Gasteiger partial charge in [0, 0.05) is 27.6 Å². The number of hydrogen-bond acceptors (Lipinski definition) is 4. The van der Waals surface area contributed by atoms with E-state index in [4.69, 9.17) is 15.0 Å². The van der Waals surface area contributed by atoms with Gasteiger partial charge in [0.05, 0.1) is 16.8 Å². The van der Waals surface area contributed by atoms with Gasteiger partial charge in [-0.25, -0.2) is 4.98 Å². The van der Waals surface area contributed by atoms with Gasteiger partial charge in [0.25, 0.3) is 0 Å². The number of rotatable bonds is 6. The Bertz CT molecular complexity index is 3140. The van der Waals surface area contributed by atoms with Crippen molar-refractivity contribution >= 4 is 28.1 Å². The van der Waals surface area contributed by atoms with Gasteiger partial charge < -0.3 is 0 Å². The Balaban J connectivity index is 1.24. The van der Waals surface area contributed by atoms with Crippen molar-refractivity contribution in [3.05, 3.63) is 241 Å². The molecule has 0 N–H and O–H groups in total. The lowest BCUT2D eigenvalue weighted by molar-refractivity contribution is 0.768. The quantitative estimate of drug-likeness (QED) is 0.169. The molecule has 60 heavy (non-hydrogen) atoms. The topological polar surface area (TPSA) is 41.9 Å². The minimum atomic E-state index is -0.581. The Kier molecular flexibility index (Phi) is 7.72. The maximum Gasteiger partial charge on any atom is 0.238 e. The van der Waals surface area contributed by atoms with E-state index in [1.165, 1.54) is 55.5 Å². The second-order valence-corrected chi connectivity index (χ2v) is 15.5. The third kappa shape index (κ3) is 5.01. The largest absolute Gasteiger partial charge is 0.277 e. The SMILES string of the molecule is c1ccc(-c2nc(-c3ccccc3)nc(N3c4c(ccc5c4-c4ccccc4C5(c4ccccc4)c4ccccc4)-c4ccc(-c5ccccc5)c5cccc3c45)n2)cc1. The van der Waals surface area contributed by atoms with Crippen molar-refractivity contribution in [2.45, 2.75) is 5.41 Å². The van der Waals surface area contributed by atoms with E-state index in [0.717, 1.165) is 33.5 Å². The average Bonchev–Trinajstić information content (AvgIpc) is 3.64. The first kappa shape index (κ1) is 34.1. The van der Waals surface area contributed by atoms with Gasteiger partial charge in [-0.15, -0.1) is 0 Å². The zero-order valence-corrected chi connectivity index (χ0v) is 32.6. The van der Waals surface area contributed by atoms with Gasteiger partial charge in [0.15, 0.2) is 11.6 Å². The van der Waals surface area contributed by atoms with Crippen LogP contribution in [0.5, 0.6) is 0 Å². The molecule has 0 atom stereocenters. The van der Waals surface area contributed by atoms with Gasteiger partial charge in [-0.2, -0.15) is 9.97 Å². The van der Waals surface area contributed by atoms with Gasteiger partial charge in [0.1, 0.15) is 0 Å². The van der Waals surface area contributed by atoms with Crippen molar-refractivity contribution in [1.29, 1.82) is 0 Å². The van der Waals surface area contributed by atoms with Crippen LogP contribution in [0.15, 0.2) is 218 Å². The van der Waals surface area contributed by atoms with E-state index < -0.39 is 5.41 Å². The van der Waals surface area contributed by atoms with Gasteiger partial charge in [-0.3, -0.25) is 4.90 Å². The van der Waals surface area contributed by atoms with Crippen molar-refractivity contribution in [1.82, 2.24) is 15.0 Å². The highest BCUT2D eigenvalue weighted by atomic mass is 15.3. The lowest BCUT2D eigenvalue weighted by Crippen LogP contribution is -2.28. The zero-order chi connectivity index (χ0) is 39.6. The van der Waals surface area contributed by atoms with Gasteiger partial charge >= 0.3 is 0 Å². The normalized spacial score (nSPS) is 13.1. The van der Waals surface area contributed by atoms with E-state index in [2.05, 4.69) is 187 Å². The fraction of sp³-hybridized carbons (Fsp3) is 0.0179. The minimum Gasteiger partial charge on any atom is -0.277 e. The van der Waals surface area contributed by atoms with Crippen LogP contribution in [0.3, 0.4) is 0 Å². The molecule has 280 valence electrons. The van der Waals surface area contributed by atoms with Crippen molar-refractivity contribution in [3.8, 4) is 56.2 Å². The van der Waals surface area contributed by atoms with Crippen LogP contribution in [0.1, 0.15) is 22.3 Å². The molecule has 1 aromatic heterocycles. The standard InChI is InChI=1S/C56H36N4/c1-6-19-37(20-7-1)42-33-34-44-45-35-36-48-51(46-29-16-17-31-47(46)56(48,40-25-12-4-13-26-40)41-27-14-5-15-28-41)52(45)60(49-32-18-30-43(42)50(44)49)55-58-53(38-21-8-2-9-22-38)57-54(59-55)39-23-10-3-11-24-39/h1-36H. The molecule has 1 aliphatic heterocycles. The maximum atomic E-state index is 5.43. The molecule has 0 unspecified atom stereocenters. The molecule has 12 rings (SSSR count). The summed E-state index contributed by atoms with van der Waals surface area (Å²) < 4.78 is 0. The van der Waals surface area contributed by atoms with Gasteiger partial charge in [0.2, 0.25) is 5.95 Å². The van der Waals surface area contributed by atoms with E-state index in [9.17, 15) is 0 Å². The Morgan fingerprint density at radius 2 is 0.867 bits per heavy atom. The predicted molar refractivity (Wildman–Crippen MR) is 245 cm³/mol. The Hall–Kier alpha value is -7.95. The summed E-state index contributed by atoms with van der Waals surface area (Å²) >= 11 is 0. The monoisotopic (exact) mass is 764 g/mol. The van der Waals surface area contributed by atoms with Gasteiger partial charge in [-0.05, 0) is 56.0 Å². The first-order valence-corrected chi connectivity index (χ1v) is 20.5. The summed E-state index contributed by atoms with van der Waals surface area (Å²) in [7, 11) is 0. The van der Waals surface area contributed by atoms with Gasteiger partial charge in [-0.1, -0.05) is 212 Å². The molecule has 0 spiro atoms.